The number of phenols is 1. The van der Waals surface area contributed by atoms with Crippen LogP contribution in [0.5, 0.6) is 5.75 Å². The van der Waals surface area contributed by atoms with Crippen LogP contribution in [0.1, 0.15) is 147 Å². The summed E-state index contributed by atoms with van der Waals surface area (Å²) < 4.78 is 0. The first-order valence-electron chi connectivity index (χ1n) is 14.6. The Morgan fingerprint density at radius 2 is 1.26 bits per heavy atom. The normalized spacial score (nSPS) is 11.9. The van der Waals surface area contributed by atoms with Gasteiger partial charge >= 0.3 is 0 Å². The molecule has 0 unspecified atom stereocenters. The highest BCUT2D eigenvalue weighted by Gasteiger charge is 2.19. The van der Waals surface area contributed by atoms with Gasteiger partial charge in [-0.25, -0.2) is 0 Å². The number of aromatic hydroxyl groups is 1. The fourth-order valence-electron chi connectivity index (χ4n) is 4.59. The van der Waals surface area contributed by atoms with Crippen LogP contribution in [0.4, 0.5) is 0 Å². The Hall–Kier alpha value is -1.77. The van der Waals surface area contributed by atoms with Crippen LogP contribution in [0.15, 0.2) is 18.2 Å². The number of nitrogens with one attached hydrogen (secondary N) is 1. The molecule has 200 valence electrons. The van der Waals surface area contributed by atoms with Crippen molar-refractivity contribution in [3.8, 4) is 5.75 Å². The molecule has 1 aromatic carbocycles. The molecule has 35 heavy (non-hydrogen) atoms. The maximum Gasteiger partial charge on any atom is 0.243 e. The van der Waals surface area contributed by atoms with Crippen LogP contribution in [0.3, 0.4) is 0 Å². The SMILES string of the molecule is CCCCCCCCCCCCCCCCCCNC(=O)C=Cc1cc(C)c(O)c(C(C)(C)C)c1. The Morgan fingerprint density at radius 1 is 0.800 bits per heavy atom. The molecule has 1 aromatic rings. The van der Waals surface area contributed by atoms with Crippen LogP contribution in [0.2, 0.25) is 0 Å². The quantitative estimate of drug-likeness (QED) is 0.151. The molecule has 1 rings (SSSR count). The molecule has 0 heterocycles. The Bertz CT molecular complexity index is 730. The van der Waals surface area contributed by atoms with E-state index in [4.69, 9.17) is 0 Å². The van der Waals surface area contributed by atoms with Crippen molar-refractivity contribution in [2.75, 3.05) is 6.54 Å². The zero-order chi connectivity index (χ0) is 25.9. The first-order valence-corrected chi connectivity index (χ1v) is 14.6. The molecule has 0 fully saturated rings. The van der Waals surface area contributed by atoms with Crippen molar-refractivity contribution < 1.29 is 9.90 Å². The lowest BCUT2D eigenvalue weighted by Crippen LogP contribution is -2.21. The fourth-order valence-corrected chi connectivity index (χ4v) is 4.59. The van der Waals surface area contributed by atoms with Crippen LogP contribution in [-0.4, -0.2) is 17.6 Å². The van der Waals surface area contributed by atoms with Gasteiger partial charge < -0.3 is 10.4 Å². The number of amides is 1. The maximum absolute atomic E-state index is 12.2. The Morgan fingerprint density at radius 3 is 1.71 bits per heavy atom. The summed E-state index contributed by atoms with van der Waals surface area (Å²) in [5.41, 5.74) is 2.55. The minimum absolute atomic E-state index is 0.0472. The third-order valence-electron chi connectivity index (χ3n) is 6.89. The summed E-state index contributed by atoms with van der Waals surface area (Å²) in [6.07, 6.45) is 25.2. The van der Waals surface area contributed by atoms with E-state index >= 15 is 0 Å². The molecule has 0 aliphatic heterocycles. The molecule has 2 N–H and O–H groups in total. The summed E-state index contributed by atoms with van der Waals surface area (Å²) in [5.74, 6) is 0.302. The number of rotatable bonds is 19. The van der Waals surface area contributed by atoms with Gasteiger partial charge in [-0.3, -0.25) is 4.79 Å². The van der Waals surface area contributed by atoms with Gasteiger partial charge in [-0.2, -0.15) is 0 Å². The smallest absolute Gasteiger partial charge is 0.243 e. The highest BCUT2D eigenvalue weighted by Crippen LogP contribution is 2.34. The van der Waals surface area contributed by atoms with Gasteiger partial charge in [-0.1, -0.05) is 124 Å². The summed E-state index contributed by atoms with van der Waals surface area (Å²) in [4.78, 5) is 12.2. The number of unbranched alkanes of at least 4 members (excludes halogenated alkanes) is 15. The number of phenolic OH excluding ortho intramolecular Hbond substituents is 1. The van der Waals surface area contributed by atoms with Crippen molar-refractivity contribution in [1.82, 2.24) is 5.32 Å². The molecule has 0 aliphatic rings. The molecule has 0 saturated carbocycles. The van der Waals surface area contributed by atoms with Crippen molar-refractivity contribution in [2.45, 2.75) is 143 Å². The topological polar surface area (TPSA) is 49.3 Å². The molecule has 0 spiro atoms. The Balaban J connectivity index is 2.03. The van der Waals surface area contributed by atoms with Crippen LogP contribution in [-0.2, 0) is 10.2 Å². The molecule has 0 atom stereocenters. The second kappa shape index (κ2) is 18.5. The van der Waals surface area contributed by atoms with Crippen LogP contribution < -0.4 is 5.32 Å². The average molecular weight is 486 g/mol. The molecular formula is C32H55NO2. The molecule has 0 saturated heterocycles. The molecule has 0 bridgehead atoms. The van der Waals surface area contributed by atoms with Gasteiger partial charge in [0.1, 0.15) is 5.75 Å². The van der Waals surface area contributed by atoms with E-state index in [0.717, 1.165) is 29.7 Å². The number of carbonyl (C=O) groups excluding carboxylic acids is 1. The summed E-state index contributed by atoms with van der Waals surface area (Å²) in [6, 6.07) is 3.89. The van der Waals surface area contributed by atoms with Crippen molar-refractivity contribution in [3.05, 3.63) is 34.9 Å². The van der Waals surface area contributed by atoms with E-state index in [0.29, 0.717) is 5.75 Å². The van der Waals surface area contributed by atoms with E-state index in [9.17, 15) is 9.90 Å². The molecular weight excluding hydrogens is 430 g/mol. The predicted octanol–water partition coefficient (Wildman–Crippen LogP) is 9.39. The Kier molecular flexibility index (Phi) is 16.5. The van der Waals surface area contributed by atoms with Gasteiger partial charge in [-0.15, -0.1) is 0 Å². The second-order valence-corrected chi connectivity index (χ2v) is 11.4. The van der Waals surface area contributed by atoms with Gasteiger partial charge in [0.2, 0.25) is 5.91 Å². The highest BCUT2D eigenvalue weighted by atomic mass is 16.3. The van der Waals surface area contributed by atoms with E-state index in [2.05, 4.69) is 33.0 Å². The monoisotopic (exact) mass is 485 g/mol. The summed E-state index contributed by atoms with van der Waals surface area (Å²) >= 11 is 0. The largest absolute Gasteiger partial charge is 0.507 e. The van der Waals surface area contributed by atoms with Gasteiger partial charge in [0, 0.05) is 18.2 Å². The lowest BCUT2D eigenvalue weighted by molar-refractivity contribution is -0.116. The molecule has 0 aliphatic carbocycles. The van der Waals surface area contributed by atoms with E-state index in [-0.39, 0.29) is 11.3 Å². The van der Waals surface area contributed by atoms with E-state index in [1.54, 1.807) is 6.08 Å². The van der Waals surface area contributed by atoms with Crippen LogP contribution >= 0.6 is 0 Å². The number of hydrogen-bond donors (Lipinski definition) is 2. The van der Waals surface area contributed by atoms with E-state index < -0.39 is 0 Å². The van der Waals surface area contributed by atoms with Crippen molar-refractivity contribution in [3.63, 3.8) is 0 Å². The summed E-state index contributed by atoms with van der Waals surface area (Å²) in [7, 11) is 0. The number of hydrogen-bond acceptors (Lipinski definition) is 2. The lowest BCUT2D eigenvalue weighted by Gasteiger charge is -2.22. The van der Waals surface area contributed by atoms with Gasteiger partial charge in [0.15, 0.2) is 0 Å². The number of carbonyl (C=O) groups is 1. The maximum atomic E-state index is 12.2. The number of aryl methyl sites for hydroxylation is 1. The molecule has 0 radical (unpaired) electrons. The van der Waals surface area contributed by atoms with Crippen molar-refractivity contribution >= 4 is 12.0 Å². The van der Waals surface area contributed by atoms with E-state index in [1.165, 1.54) is 96.3 Å². The zero-order valence-corrected chi connectivity index (χ0v) is 23.7. The van der Waals surface area contributed by atoms with Crippen LogP contribution in [0.25, 0.3) is 6.08 Å². The van der Waals surface area contributed by atoms with Gasteiger partial charge in [-0.05, 0) is 48.1 Å². The highest BCUT2D eigenvalue weighted by molar-refractivity contribution is 5.91. The average Bonchev–Trinajstić information content (AvgIpc) is 2.81. The van der Waals surface area contributed by atoms with Crippen molar-refractivity contribution in [1.29, 1.82) is 0 Å². The molecule has 3 nitrogen and oxygen atoms in total. The lowest BCUT2D eigenvalue weighted by atomic mass is 9.84. The third kappa shape index (κ3) is 15.1. The van der Waals surface area contributed by atoms with Crippen LogP contribution in [0, 0.1) is 6.92 Å². The Labute approximate surface area is 217 Å². The summed E-state index contributed by atoms with van der Waals surface area (Å²) in [5, 5.41) is 13.3. The summed E-state index contributed by atoms with van der Waals surface area (Å²) in [6.45, 7) is 11.2. The molecule has 0 aromatic heterocycles. The second-order valence-electron chi connectivity index (χ2n) is 11.4. The minimum atomic E-state index is -0.145. The fraction of sp³-hybridized carbons (Fsp3) is 0.719. The predicted molar refractivity (Wildman–Crippen MR) is 153 cm³/mol. The van der Waals surface area contributed by atoms with Gasteiger partial charge in [0.25, 0.3) is 0 Å². The molecule has 1 amide bonds. The minimum Gasteiger partial charge on any atom is -0.507 e. The first-order chi connectivity index (χ1) is 16.8. The van der Waals surface area contributed by atoms with E-state index in [1.807, 2.05) is 25.1 Å². The van der Waals surface area contributed by atoms with Gasteiger partial charge in [0.05, 0.1) is 0 Å². The zero-order valence-electron chi connectivity index (χ0n) is 23.7. The number of benzene rings is 1. The third-order valence-corrected chi connectivity index (χ3v) is 6.89. The standard InChI is InChI=1S/C32H55NO2/c1-6-7-8-9-10-11-12-13-14-15-16-17-18-19-20-21-24-33-30(34)23-22-28-25-27(2)31(35)29(26-28)32(3,4)5/h22-23,25-26,35H,6-21,24H2,1-5H3,(H,33,34). The molecule has 3 heteroatoms. The van der Waals surface area contributed by atoms with Crippen molar-refractivity contribution in [2.24, 2.45) is 0 Å². The first kappa shape index (κ1) is 31.3.